The third-order valence-electron chi connectivity index (χ3n) is 2.72. The Bertz CT molecular complexity index is 676. The van der Waals surface area contributed by atoms with Crippen molar-refractivity contribution in [2.45, 2.75) is 6.92 Å². The van der Waals surface area contributed by atoms with Crippen molar-refractivity contribution in [3.8, 4) is 5.75 Å². The predicted molar refractivity (Wildman–Crippen MR) is 91.2 cm³/mol. The van der Waals surface area contributed by atoms with E-state index in [1.807, 2.05) is 6.92 Å². The molecule has 0 aliphatic carbocycles. The molecule has 2 aromatic carbocycles. The van der Waals surface area contributed by atoms with Crippen molar-refractivity contribution in [2.75, 3.05) is 11.9 Å². The molecule has 0 bridgehead atoms. The van der Waals surface area contributed by atoms with Crippen molar-refractivity contribution in [3.63, 3.8) is 0 Å². The monoisotopic (exact) mass is 335 g/mol. The largest absolute Gasteiger partial charge is 0.489 e. The second-order valence-corrected chi connectivity index (χ2v) is 5.76. The van der Waals surface area contributed by atoms with Crippen molar-refractivity contribution >= 4 is 34.8 Å². The topological polar surface area (TPSA) is 38.3 Å². The molecular weight excluding hydrogens is 321 g/mol. The first-order valence-corrected chi connectivity index (χ1v) is 7.34. The van der Waals surface area contributed by atoms with Crippen LogP contribution in [0.1, 0.15) is 17.3 Å². The van der Waals surface area contributed by atoms with Crippen LogP contribution in [0.25, 0.3) is 0 Å². The summed E-state index contributed by atoms with van der Waals surface area (Å²) in [7, 11) is 0. The molecular formula is C17H15Cl2NO2. The van der Waals surface area contributed by atoms with Crippen molar-refractivity contribution in [1.82, 2.24) is 0 Å². The molecule has 0 atom stereocenters. The van der Waals surface area contributed by atoms with Crippen molar-refractivity contribution < 1.29 is 9.53 Å². The summed E-state index contributed by atoms with van der Waals surface area (Å²) in [6.45, 7) is 6.13. The highest BCUT2D eigenvalue weighted by Gasteiger charge is 2.08. The molecule has 0 saturated heterocycles. The van der Waals surface area contributed by atoms with E-state index in [-0.39, 0.29) is 5.91 Å². The van der Waals surface area contributed by atoms with Gasteiger partial charge >= 0.3 is 0 Å². The molecule has 2 rings (SSSR count). The normalized spacial score (nSPS) is 10.1. The summed E-state index contributed by atoms with van der Waals surface area (Å²) < 4.78 is 5.50. The van der Waals surface area contributed by atoms with Gasteiger partial charge in [0.05, 0.1) is 0 Å². The Morgan fingerprint density at radius 3 is 2.27 bits per heavy atom. The van der Waals surface area contributed by atoms with Crippen LogP contribution in [0.2, 0.25) is 10.0 Å². The van der Waals surface area contributed by atoms with E-state index < -0.39 is 0 Å². The SMILES string of the molecule is C=C(C)COc1ccc(NC(=O)c2cc(Cl)cc(Cl)c2)cc1. The fraction of sp³-hybridized carbons (Fsp3) is 0.118. The van der Waals surface area contributed by atoms with Gasteiger partial charge in [0.25, 0.3) is 5.91 Å². The zero-order chi connectivity index (χ0) is 16.1. The summed E-state index contributed by atoms with van der Waals surface area (Å²) in [5.41, 5.74) is 2.00. The first kappa shape index (κ1) is 16.4. The van der Waals surface area contributed by atoms with E-state index in [4.69, 9.17) is 27.9 Å². The van der Waals surface area contributed by atoms with Crippen LogP contribution in [0, 0.1) is 0 Å². The van der Waals surface area contributed by atoms with Crippen LogP contribution < -0.4 is 10.1 Å². The van der Waals surface area contributed by atoms with Gasteiger partial charge in [-0.1, -0.05) is 29.8 Å². The van der Waals surface area contributed by atoms with Crippen LogP contribution in [0.4, 0.5) is 5.69 Å². The Kier molecular flexibility index (Phi) is 5.47. The summed E-state index contributed by atoms with van der Waals surface area (Å²) >= 11 is 11.8. The molecule has 0 aliphatic rings. The summed E-state index contributed by atoms with van der Waals surface area (Å²) in [5, 5.41) is 3.61. The molecule has 0 heterocycles. The van der Waals surface area contributed by atoms with E-state index in [1.54, 1.807) is 42.5 Å². The van der Waals surface area contributed by atoms with Gasteiger partial charge in [0.2, 0.25) is 0 Å². The van der Waals surface area contributed by atoms with Crippen molar-refractivity contribution in [3.05, 3.63) is 70.2 Å². The number of anilines is 1. The Balaban J connectivity index is 2.03. The van der Waals surface area contributed by atoms with Crippen LogP contribution in [-0.4, -0.2) is 12.5 Å². The molecule has 2 aromatic rings. The zero-order valence-electron chi connectivity index (χ0n) is 12.0. The minimum absolute atomic E-state index is 0.278. The van der Waals surface area contributed by atoms with Crippen LogP contribution in [0.15, 0.2) is 54.6 Å². The lowest BCUT2D eigenvalue weighted by Crippen LogP contribution is -2.11. The van der Waals surface area contributed by atoms with Crippen LogP contribution in [0.3, 0.4) is 0 Å². The first-order valence-electron chi connectivity index (χ1n) is 6.59. The van der Waals surface area contributed by atoms with Crippen LogP contribution in [0.5, 0.6) is 5.75 Å². The third kappa shape index (κ3) is 4.79. The van der Waals surface area contributed by atoms with Gasteiger partial charge in [0.15, 0.2) is 0 Å². The fourth-order valence-electron chi connectivity index (χ4n) is 1.73. The molecule has 114 valence electrons. The molecule has 0 unspecified atom stereocenters. The van der Waals surface area contributed by atoms with E-state index in [0.717, 1.165) is 5.57 Å². The number of benzene rings is 2. The summed E-state index contributed by atoms with van der Waals surface area (Å²) in [6.07, 6.45) is 0. The maximum atomic E-state index is 12.1. The van der Waals surface area contributed by atoms with Crippen molar-refractivity contribution in [2.24, 2.45) is 0 Å². The molecule has 1 N–H and O–H groups in total. The summed E-state index contributed by atoms with van der Waals surface area (Å²) in [6, 6.07) is 11.8. The van der Waals surface area contributed by atoms with E-state index in [9.17, 15) is 4.79 Å². The first-order chi connectivity index (χ1) is 10.4. The number of halogens is 2. The molecule has 0 aromatic heterocycles. The lowest BCUT2D eigenvalue weighted by molar-refractivity contribution is 0.102. The van der Waals surface area contributed by atoms with Gasteiger partial charge in [-0.2, -0.15) is 0 Å². The van der Waals surface area contributed by atoms with E-state index in [0.29, 0.717) is 33.7 Å². The third-order valence-corrected chi connectivity index (χ3v) is 3.16. The second kappa shape index (κ2) is 7.34. The minimum atomic E-state index is -0.278. The number of hydrogen-bond donors (Lipinski definition) is 1. The highest BCUT2D eigenvalue weighted by Crippen LogP contribution is 2.21. The minimum Gasteiger partial charge on any atom is -0.489 e. The average molecular weight is 336 g/mol. The van der Waals surface area contributed by atoms with Gasteiger partial charge in [-0.3, -0.25) is 4.79 Å². The molecule has 22 heavy (non-hydrogen) atoms. The number of carbonyl (C=O) groups excluding carboxylic acids is 1. The number of amides is 1. The van der Waals surface area contributed by atoms with Gasteiger partial charge in [-0.05, 0) is 55.0 Å². The Labute approximate surface area is 139 Å². The molecule has 0 fully saturated rings. The van der Waals surface area contributed by atoms with E-state index in [1.165, 1.54) is 0 Å². The molecule has 5 heteroatoms. The average Bonchev–Trinajstić information content (AvgIpc) is 2.45. The van der Waals surface area contributed by atoms with Crippen LogP contribution >= 0.6 is 23.2 Å². The maximum Gasteiger partial charge on any atom is 0.255 e. The van der Waals surface area contributed by atoms with Crippen molar-refractivity contribution in [1.29, 1.82) is 0 Å². The second-order valence-electron chi connectivity index (χ2n) is 4.88. The number of hydrogen-bond acceptors (Lipinski definition) is 2. The number of carbonyl (C=O) groups is 1. The fourth-order valence-corrected chi connectivity index (χ4v) is 2.26. The smallest absolute Gasteiger partial charge is 0.255 e. The molecule has 3 nitrogen and oxygen atoms in total. The van der Waals surface area contributed by atoms with Crippen LogP contribution in [-0.2, 0) is 0 Å². The zero-order valence-corrected chi connectivity index (χ0v) is 13.5. The quantitative estimate of drug-likeness (QED) is 0.762. The maximum absolute atomic E-state index is 12.1. The predicted octanol–water partition coefficient (Wildman–Crippen LogP) is 5.20. The molecule has 0 spiro atoms. The summed E-state index contributed by atoms with van der Waals surface area (Å²) in [5.74, 6) is 0.437. The number of ether oxygens (including phenoxy) is 1. The van der Waals surface area contributed by atoms with Gasteiger partial charge in [0, 0.05) is 21.3 Å². The highest BCUT2D eigenvalue weighted by molar-refractivity contribution is 6.35. The van der Waals surface area contributed by atoms with Gasteiger partial charge in [-0.15, -0.1) is 0 Å². The van der Waals surface area contributed by atoms with Gasteiger partial charge in [-0.25, -0.2) is 0 Å². The lowest BCUT2D eigenvalue weighted by atomic mass is 10.2. The molecule has 0 saturated carbocycles. The van der Waals surface area contributed by atoms with E-state index in [2.05, 4.69) is 11.9 Å². The Hall–Kier alpha value is -1.97. The number of rotatable bonds is 5. The lowest BCUT2D eigenvalue weighted by Gasteiger charge is -2.08. The Morgan fingerprint density at radius 2 is 1.73 bits per heavy atom. The van der Waals surface area contributed by atoms with E-state index >= 15 is 0 Å². The molecule has 0 aliphatic heterocycles. The van der Waals surface area contributed by atoms with Gasteiger partial charge in [0.1, 0.15) is 12.4 Å². The molecule has 1 amide bonds. The highest BCUT2D eigenvalue weighted by atomic mass is 35.5. The number of nitrogens with one attached hydrogen (secondary N) is 1. The summed E-state index contributed by atoms with van der Waals surface area (Å²) in [4.78, 5) is 12.1. The van der Waals surface area contributed by atoms with Gasteiger partial charge < -0.3 is 10.1 Å². The molecule has 0 radical (unpaired) electrons. The standard InChI is InChI=1S/C17H15Cl2NO2/c1-11(2)10-22-16-5-3-15(4-6-16)20-17(21)12-7-13(18)9-14(19)8-12/h3-9H,1,10H2,2H3,(H,20,21). The Morgan fingerprint density at radius 1 is 1.14 bits per heavy atom.